The van der Waals surface area contributed by atoms with Gasteiger partial charge in [-0.15, -0.1) is 0 Å². The summed E-state index contributed by atoms with van der Waals surface area (Å²) in [5.74, 6) is 0.804. The molecular weight excluding hydrogens is 302 g/mol. The third kappa shape index (κ3) is 3.23. The molecule has 2 aromatic carbocycles. The third-order valence-electron chi connectivity index (χ3n) is 4.07. The van der Waals surface area contributed by atoms with Crippen LogP contribution in [0.25, 0.3) is 0 Å². The van der Waals surface area contributed by atoms with Crippen LogP contribution in [0.2, 0.25) is 0 Å². The standard InChI is InChI=1S/C20H23NO3/c1-20(2,3)24-19(22)21-17-8-6-5-7-15(17)13-18(21)14-9-11-16(23-4)12-10-14/h5-12,18H,13H2,1-4H3. The first-order valence-corrected chi connectivity index (χ1v) is 8.13. The minimum atomic E-state index is -0.529. The number of methoxy groups -OCH3 is 1. The third-order valence-corrected chi connectivity index (χ3v) is 4.07. The molecule has 2 aromatic rings. The molecule has 1 heterocycles. The van der Waals surface area contributed by atoms with Crippen LogP contribution in [0.5, 0.6) is 5.75 Å². The second-order valence-electron chi connectivity index (χ2n) is 6.97. The number of anilines is 1. The zero-order valence-corrected chi connectivity index (χ0v) is 14.6. The molecule has 1 unspecified atom stereocenters. The summed E-state index contributed by atoms with van der Waals surface area (Å²) in [6, 6.07) is 15.8. The van der Waals surface area contributed by atoms with Gasteiger partial charge in [0.25, 0.3) is 0 Å². The predicted molar refractivity (Wildman–Crippen MR) is 94.6 cm³/mol. The number of benzene rings is 2. The van der Waals surface area contributed by atoms with E-state index in [9.17, 15) is 4.79 Å². The Morgan fingerprint density at radius 1 is 1.08 bits per heavy atom. The summed E-state index contributed by atoms with van der Waals surface area (Å²) >= 11 is 0. The summed E-state index contributed by atoms with van der Waals surface area (Å²) in [6.07, 6.45) is 0.468. The molecule has 0 fully saturated rings. The molecule has 1 amide bonds. The van der Waals surface area contributed by atoms with Gasteiger partial charge in [-0.3, -0.25) is 4.90 Å². The molecule has 0 saturated carbocycles. The van der Waals surface area contributed by atoms with Gasteiger partial charge in [0, 0.05) is 0 Å². The molecule has 126 valence electrons. The van der Waals surface area contributed by atoms with Crippen molar-refractivity contribution in [3.63, 3.8) is 0 Å². The Bertz CT molecular complexity index is 731. The lowest BCUT2D eigenvalue weighted by molar-refractivity contribution is 0.0569. The van der Waals surface area contributed by atoms with Gasteiger partial charge in [0.05, 0.1) is 18.8 Å². The fourth-order valence-electron chi connectivity index (χ4n) is 3.02. The number of hydrogen-bond donors (Lipinski definition) is 0. The molecular formula is C20H23NO3. The topological polar surface area (TPSA) is 38.8 Å². The van der Waals surface area contributed by atoms with E-state index in [0.29, 0.717) is 0 Å². The van der Waals surface area contributed by atoms with Crippen LogP contribution in [0.1, 0.15) is 37.9 Å². The first-order chi connectivity index (χ1) is 11.4. The molecule has 0 saturated heterocycles. The van der Waals surface area contributed by atoms with E-state index in [-0.39, 0.29) is 12.1 Å². The van der Waals surface area contributed by atoms with Gasteiger partial charge in [-0.25, -0.2) is 4.79 Å². The Morgan fingerprint density at radius 2 is 1.75 bits per heavy atom. The number of ether oxygens (including phenoxy) is 2. The van der Waals surface area contributed by atoms with Crippen molar-refractivity contribution in [2.24, 2.45) is 0 Å². The van der Waals surface area contributed by atoms with Gasteiger partial charge in [0.1, 0.15) is 11.4 Å². The van der Waals surface area contributed by atoms with Crippen LogP contribution < -0.4 is 9.64 Å². The summed E-state index contributed by atoms with van der Waals surface area (Å²) < 4.78 is 10.9. The fraction of sp³-hybridized carbons (Fsp3) is 0.350. The van der Waals surface area contributed by atoms with E-state index < -0.39 is 5.60 Å². The summed E-state index contributed by atoms with van der Waals surface area (Å²) in [5.41, 5.74) is 2.62. The quantitative estimate of drug-likeness (QED) is 0.801. The van der Waals surface area contributed by atoms with Crippen LogP contribution in [-0.2, 0) is 11.2 Å². The molecule has 24 heavy (non-hydrogen) atoms. The van der Waals surface area contributed by atoms with Crippen molar-refractivity contribution in [3.05, 3.63) is 59.7 Å². The van der Waals surface area contributed by atoms with E-state index in [1.54, 1.807) is 12.0 Å². The zero-order chi connectivity index (χ0) is 17.3. The van der Waals surface area contributed by atoms with Crippen molar-refractivity contribution in [3.8, 4) is 5.75 Å². The SMILES string of the molecule is COc1ccc(C2Cc3ccccc3N2C(=O)OC(C)(C)C)cc1. The van der Waals surface area contributed by atoms with E-state index in [0.717, 1.165) is 29.0 Å². The number of hydrogen-bond acceptors (Lipinski definition) is 3. The van der Waals surface area contributed by atoms with E-state index >= 15 is 0 Å². The van der Waals surface area contributed by atoms with Crippen LogP contribution in [0, 0.1) is 0 Å². The Hall–Kier alpha value is -2.49. The normalized spacial score (nSPS) is 16.7. The maximum atomic E-state index is 12.8. The van der Waals surface area contributed by atoms with Crippen molar-refractivity contribution < 1.29 is 14.3 Å². The Labute approximate surface area is 143 Å². The molecule has 0 N–H and O–H groups in total. The highest BCUT2D eigenvalue weighted by molar-refractivity contribution is 5.91. The Balaban J connectivity index is 1.96. The second-order valence-corrected chi connectivity index (χ2v) is 6.97. The molecule has 0 aliphatic carbocycles. The lowest BCUT2D eigenvalue weighted by atomic mass is 10.0. The largest absolute Gasteiger partial charge is 0.497 e. The first kappa shape index (κ1) is 16.4. The zero-order valence-electron chi connectivity index (χ0n) is 14.6. The van der Waals surface area contributed by atoms with Gasteiger partial charge in [0.2, 0.25) is 0 Å². The smallest absolute Gasteiger partial charge is 0.415 e. The number of fused-ring (bicyclic) bond motifs is 1. The van der Waals surface area contributed by atoms with Crippen LogP contribution in [0.15, 0.2) is 48.5 Å². The van der Waals surface area contributed by atoms with Crippen LogP contribution in [0.3, 0.4) is 0 Å². The number of nitrogens with zero attached hydrogens (tertiary/aromatic N) is 1. The highest BCUT2D eigenvalue weighted by Crippen LogP contribution is 2.41. The minimum Gasteiger partial charge on any atom is -0.497 e. The molecule has 0 bridgehead atoms. The minimum absolute atomic E-state index is 0.0665. The molecule has 1 atom stereocenters. The fourth-order valence-corrected chi connectivity index (χ4v) is 3.02. The van der Waals surface area contributed by atoms with Crippen molar-refractivity contribution in [1.82, 2.24) is 0 Å². The predicted octanol–water partition coefficient (Wildman–Crippen LogP) is 4.73. The Morgan fingerprint density at radius 3 is 2.38 bits per heavy atom. The second kappa shape index (κ2) is 6.19. The summed E-state index contributed by atoms with van der Waals surface area (Å²) in [4.78, 5) is 14.6. The van der Waals surface area contributed by atoms with Gasteiger partial charge < -0.3 is 9.47 Å². The van der Waals surface area contributed by atoms with Crippen molar-refractivity contribution in [2.75, 3.05) is 12.0 Å². The average molecular weight is 325 g/mol. The van der Waals surface area contributed by atoms with Gasteiger partial charge in [0.15, 0.2) is 0 Å². The summed E-state index contributed by atoms with van der Waals surface area (Å²) in [6.45, 7) is 5.65. The van der Waals surface area contributed by atoms with E-state index in [2.05, 4.69) is 6.07 Å². The molecule has 1 aliphatic heterocycles. The first-order valence-electron chi connectivity index (χ1n) is 8.13. The van der Waals surface area contributed by atoms with Gasteiger partial charge in [-0.2, -0.15) is 0 Å². The van der Waals surface area contributed by atoms with Gasteiger partial charge in [-0.05, 0) is 56.5 Å². The lowest BCUT2D eigenvalue weighted by Gasteiger charge is -2.29. The number of carbonyl (C=O) groups is 1. The number of para-hydroxylation sites is 1. The van der Waals surface area contributed by atoms with Gasteiger partial charge >= 0.3 is 6.09 Å². The van der Waals surface area contributed by atoms with Crippen molar-refractivity contribution in [1.29, 1.82) is 0 Å². The molecule has 0 radical (unpaired) electrons. The van der Waals surface area contributed by atoms with Crippen molar-refractivity contribution in [2.45, 2.75) is 38.8 Å². The van der Waals surface area contributed by atoms with E-state index in [4.69, 9.17) is 9.47 Å². The Kier molecular flexibility index (Phi) is 4.22. The summed E-state index contributed by atoms with van der Waals surface area (Å²) in [5, 5.41) is 0. The van der Waals surface area contributed by atoms with Crippen LogP contribution in [-0.4, -0.2) is 18.8 Å². The maximum absolute atomic E-state index is 12.8. The molecule has 1 aliphatic rings. The highest BCUT2D eigenvalue weighted by atomic mass is 16.6. The molecule has 4 nitrogen and oxygen atoms in total. The van der Waals surface area contributed by atoms with Crippen LogP contribution in [0.4, 0.5) is 10.5 Å². The van der Waals surface area contributed by atoms with Gasteiger partial charge in [-0.1, -0.05) is 30.3 Å². The highest BCUT2D eigenvalue weighted by Gasteiger charge is 2.37. The molecule has 3 rings (SSSR count). The monoisotopic (exact) mass is 325 g/mol. The van der Waals surface area contributed by atoms with Crippen molar-refractivity contribution >= 4 is 11.8 Å². The van der Waals surface area contributed by atoms with Crippen LogP contribution >= 0.6 is 0 Å². The molecule has 0 aromatic heterocycles. The summed E-state index contributed by atoms with van der Waals surface area (Å²) in [7, 11) is 1.65. The maximum Gasteiger partial charge on any atom is 0.415 e. The van der Waals surface area contributed by atoms with E-state index in [1.165, 1.54) is 0 Å². The molecule has 0 spiro atoms. The molecule has 4 heteroatoms. The number of carbonyl (C=O) groups excluding carboxylic acids is 1. The average Bonchev–Trinajstić information content (AvgIpc) is 2.93. The number of rotatable bonds is 2. The van der Waals surface area contributed by atoms with E-state index in [1.807, 2.05) is 63.2 Å². The number of amides is 1. The lowest BCUT2D eigenvalue weighted by Crippen LogP contribution is -2.37.